The van der Waals surface area contributed by atoms with Crippen LogP contribution < -0.4 is 15.4 Å². The van der Waals surface area contributed by atoms with Gasteiger partial charge in [0.05, 0.1) is 11.4 Å². The van der Waals surface area contributed by atoms with E-state index in [1.54, 1.807) is 50.2 Å². The molecular weight excluding hydrogens is 354 g/mol. The van der Waals surface area contributed by atoms with Crippen molar-refractivity contribution in [3.63, 3.8) is 0 Å². The molecule has 2 rings (SSSR count). The molecule has 0 fully saturated rings. The van der Waals surface area contributed by atoms with Crippen molar-refractivity contribution in [2.45, 2.75) is 25.7 Å². The predicted octanol–water partition coefficient (Wildman–Crippen LogP) is 2.18. The van der Waals surface area contributed by atoms with Crippen LogP contribution in [0.2, 0.25) is 0 Å². The Balaban J connectivity index is 1.97. The second-order valence-corrected chi connectivity index (χ2v) is 7.64. The summed E-state index contributed by atoms with van der Waals surface area (Å²) >= 11 is 0. The van der Waals surface area contributed by atoms with E-state index in [-0.39, 0.29) is 17.3 Å². The molecule has 2 amide bonds. The number of rotatable bonds is 6. The summed E-state index contributed by atoms with van der Waals surface area (Å²) in [5.74, 6) is -0.686. The van der Waals surface area contributed by atoms with E-state index in [4.69, 9.17) is 0 Å². The zero-order chi connectivity index (χ0) is 19.3. The van der Waals surface area contributed by atoms with Gasteiger partial charge in [0, 0.05) is 18.3 Å². The smallest absolute Gasteiger partial charge is 0.241 e. The van der Waals surface area contributed by atoms with Crippen LogP contribution in [-0.4, -0.2) is 26.8 Å². The Hall–Kier alpha value is -2.71. The number of sulfonamides is 1. The second kappa shape index (κ2) is 8.11. The standard InChI is InChI=1S/C18H21N3O4S/c1-12-4-5-13(2)17(10-12)26(24,25)19-11-18(23)21-16-8-6-15(7-9-16)20-14(3)22/h4-10,19H,11H2,1-3H3,(H,20,22)(H,21,23). The van der Waals surface area contributed by atoms with Crippen molar-refractivity contribution in [2.24, 2.45) is 0 Å². The second-order valence-electron chi connectivity index (χ2n) is 5.90. The number of aryl methyl sites for hydroxylation is 2. The molecular formula is C18H21N3O4S. The van der Waals surface area contributed by atoms with Gasteiger partial charge in [0.1, 0.15) is 0 Å². The minimum Gasteiger partial charge on any atom is -0.326 e. The first-order valence-corrected chi connectivity index (χ1v) is 9.40. The van der Waals surface area contributed by atoms with E-state index >= 15 is 0 Å². The van der Waals surface area contributed by atoms with Crippen molar-refractivity contribution < 1.29 is 18.0 Å². The molecule has 0 saturated heterocycles. The van der Waals surface area contributed by atoms with Crippen molar-refractivity contribution in [3.05, 3.63) is 53.6 Å². The summed E-state index contributed by atoms with van der Waals surface area (Å²) in [4.78, 5) is 23.1. The van der Waals surface area contributed by atoms with E-state index in [0.717, 1.165) is 5.56 Å². The monoisotopic (exact) mass is 375 g/mol. The fraction of sp³-hybridized carbons (Fsp3) is 0.222. The molecule has 2 aromatic carbocycles. The highest BCUT2D eigenvalue weighted by Crippen LogP contribution is 2.17. The molecule has 0 radical (unpaired) electrons. The Morgan fingerprint density at radius 3 is 2.08 bits per heavy atom. The Kier molecular flexibility index (Phi) is 6.12. The highest BCUT2D eigenvalue weighted by Gasteiger charge is 2.18. The summed E-state index contributed by atoms with van der Waals surface area (Å²) < 4.78 is 27.1. The SMILES string of the molecule is CC(=O)Nc1ccc(NC(=O)CNS(=O)(=O)c2cc(C)ccc2C)cc1. The molecule has 2 aromatic rings. The third-order valence-electron chi connectivity index (χ3n) is 3.54. The van der Waals surface area contributed by atoms with Crippen molar-refractivity contribution in [2.75, 3.05) is 17.2 Å². The molecule has 0 heterocycles. The quantitative estimate of drug-likeness (QED) is 0.720. The normalized spacial score (nSPS) is 11.0. The lowest BCUT2D eigenvalue weighted by Gasteiger charge is -2.11. The van der Waals surface area contributed by atoms with Crippen LogP contribution in [0.5, 0.6) is 0 Å². The molecule has 0 spiro atoms. The van der Waals surface area contributed by atoms with Crippen LogP contribution in [0.1, 0.15) is 18.1 Å². The maximum absolute atomic E-state index is 12.4. The first kappa shape index (κ1) is 19.6. The first-order valence-electron chi connectivity index (χ1n) is 7.92. The van der Waals surface area contributed by atoms with Crippen molar-refractivity contribution in [1.29, 1.82) is 0 Å². The van der Waals surface area contributed by atoms with Gasteiger partial charge in [-0.2, -0.15) is 0 Å². The van der Waals surface area contributed by atoms with E-state index < -0.39 is 15.9 Å². The van der Waals surface area contributed by atoms with E-state index in [0.29, 0.717) is 16.9 Å². The molecule has 3 N–H and O–H groups in total. The summed E-state index contributed by atoms with van der Waals surface area (Å²) in [5.41, 5.74) is 2.53. The van der Waals surface area contributed by atoms with Crippen LogP contribution >= 0.6 is 0 Å². The van der Waals surface area contributed by atoms with Gasteiger partial charge in [0.25, 0.3) is 0 Å². The average Bonchev–Trinajstić information content (AvgIpc) is 2.56. The molecule has 0 unspecified atom stereocenters. The third kappa shape index (κ3) is 5.40. The summed E-state index contributed by atoms with van der Waals surface area (Å²) in [6, 6.07) is 11.6. The molecule has 0 saturated carbocycles. The predicted molar refractivity (Wildman–Crippen MR) is 100 cm³/mol. The van der Waals surface area contributed by atoms with Gasteiger partial charge in [-0.1, -0.05) is 12.1 Å². The van der Waals surface area contributed by atoms with Crippen molar-refractivity contribution in [3.8, 4) is 0 Å². The van der Waals surface area contributed by atoms with E-state index in [1.165, 1.54) is 6.92 Å². The first-order chi connectivity index (χ1) is 12.2. The Bertz CT molecular complexity index is 922. The maximum Gasteiger partial charge on any atom is 0.241 e. The van der Waals surface area contributed by atoms with Crippen LogP contribution in [-0.2, 0) is 19.6 Å². The fourth-order valence-corrected chi connectivity index (χ4v) is 3.59. The molecule has 0 aromatic heterocycles. The van der Waals surface area contributed by atoms with Gasteiger partial charge in [0.2, 0.25) is 21.8 Å². The summed E-state index contributed by atoms with van der Waals surface area (Å²) in [7, 11) is -3.78. The summed E-state index contributed by atoms with van der Waals surface area (Å²) in [5, 5.41) is 5.21. The highest BCUT2D eigenvalue weighted by atomic mass is 32.2. The Morgan fingerprint density at radius 1 is 0.923 bits per heavy atom. The Morgan fingerprint density at radius 2 is 1.50 bits per heavy atom. The zero-order valence-corrected chi connectivity index (χ0v) is 15.6. The molecule has 7 nitrogen and oxygen atoms in total. The number of nitrogens with one attached hydrogen (secondary N) is 3. The van der Waals surface area contributed by atoms with Crippen LogP contribution in [0, 0.1) is 13.8 Å². The molecule has 0 aliphatic carbocycles. The summed E-state index contributed by atoms with van der Waals surface area (Å²) in [6.07, 6.45) is 0. The number of carbonyl (C=O) groups excluding carboxylic acids is 2. The van der Waals surface area contributed by atoms with Gasteiger partial charge in [0.15, 0.2) is 0 Å². The lowest BCUT2D eigenvalue weighted by atomic mass is 10.2. The summed E-state index contributed by atoms with van der Waals surface area (Å²) in [6.45, 7) is 4.52. The minimum atomic E-state index is -3.78. The molecule has 0 aliphatic rings. The molecule has 0 aliphatic heterocycles. The highest BCUT2D eigenvalue weighted by molar-refractivity contribution is 7.89. The van der Waals surface area contributed by atoms with Crippen LogP contribution in [0.25, 0.3) is 0 Å². The molecule has 8 heteroatoms. The van der Waals surface area contributed by atoms with Gasteiger partial charge < -0.3 is 10.6 Å². The van der Waals surface area contributed by atoms with Crippen molar-refractivity contribution >= 4 is 33.2 Å². The molecule has 138 valence electrons. The van der Waals surface area contributed by atoms with E-state index in [2.05, 4.69) is 15.4 Å². The minimum absolute atomic E-state index is 0.157. The average molecular weight is 375 g/mol. The van der Waals surface area contributed by atoms with Crippen molar-refractivity contribution in [1.82, 2.24) is 4.72 Å². The lowest BCUT2D eigenvalue weighted by molar-refractivity contribution is -0.115. The number of amides is 2. The topological polar surface area (TPSA) is 104 Å². The van der Waals surface area contributed by atoms with Crippen LogP contribution in [0.15, 0.2) is 47.4 Å². The number of anilines is 2. The molecule has 26 heavy (non-hydrogen) atoms. The van der Waals surface area contributed by atoms with E-state index in [1.807, 2.05) is 6.07 Å². The van der Waals surface area contributed by atoms with Crippen LogP contribution in [0.4, 0.5) is 11.4 Å². The van der Waals surface area contributed by atoms with E-state index in [9.17, 15) is 18.0 Å². The van der Waals surface area contributed by atoms with Gasteiger partial charge >= 0.3 is 0 Å². The number of hydrogen-bond acceptors (Lipinski definition) is 4. The lowest BCUT2D eigenvalue weighted by Crippen LogP contribution is -2.33. The van der Waals surface area contributed by atoms with Gasteiger partial charge in [-0.05, 0) is 55.3 Å². The molecule has 0 atom stereocenters. The third-order valence-corrected chi connectivity index (χ3v) is 5.09. The maximum atomic E-state index is 12.4. The number of hydrogen-bond donors (Lipinski definition) is 3. The Labute approximate surface area is 152 Å². The van der Waals surface area contributed by atoms with Crippen LogP contribution in [0.3, 0.4) is 0 Å². The largest absolute Gasteiger partial charge is 0.326 e. The fourth-order valence-electron chi connectivity index (χ4n) is 2.28. The van der Waals surface area contributed by atoms with Gasteiger partial charge in [-0.25, -0.2) is 13.1 Å². The number of benzene rings is 2. The zero-order valence-electron chi connectivity index (χ0n) is 14.8. The molecule has 0 bridgehead atoms. The van der Waals surface area contributed by atoms with Gasteiger partial charge in [-0.15, -0.1) is 0 Å². The van der Waals surface area contributed by atoms with Gasteiger partial charge in [-0.3, -0.25) is 9.59 Å². The number of carbonyl (C=O) groups is 2.